The van der Waals surface area contributed by atoms with E-state index in [-0.39, 0.29) is 0 Å². The number of benzene rings is 1. The Kier molecular flexibility index (Phi) is 4.54. The van der Waals surface area contributed by atoms with Crippen molar-refractivity contribution in [2.75, 3.05) is 5.88 Å². The predicted molar refractivity (Wildman–Crippen MR) is 90.2 cm³/mol. The lowest BCUT2D eigenvalue weighted by atomic mass is 9.82. The van der Waals surface area contributed by atoms with E-state index in [1.807, 2.05) is 0 Å². The molecule has 2 aromatic rings. The van der Waals surface area contributed by atoms with E-state index in [2.05, 4.69) is 36.6 Å². The van der Waals surface area contributed by atoms with Crippen molar-refractivity contribution >= 4 is 22.6 Å². The van der Waals surface area contributed by atoms with E-state index in [1.165, 1.54) is 49.0 Å². The minimum atomic E-state index is 0.605. The van der Waals surface area contributed by atoms with Crippen LogP contribution in [0, 0.1) is 12.8 Å². The standard InChI is InChI=1S/C18H25ClN2/c1-3-14-6-4-5-7-16(14)21-17-12-13(2)8-9-15(17)20-18(21)10-11-19/h8-9,12,14,16H,3-7,10-11H2,1-2H3. The Morgan fingerprint density at radius 3 is 2.86 bits per heavy atom. The van der Waals surface area contributed by atoms with Gasteiger partial charge < -0.3 is 4.57 Å². The van der Waals surface area contributed by atoms with Gasteiger partial charge in [0.25, 0.3) is 0 Å². The number of imidazole rings is 1. The highest BCUT2D eigenvalue weighted by Gasteiger charge is 2.28. The van der Waals surface area contributed by atoms with E-state index in [0.29, 0.717) is 11.9 Å². The Morgan fingerprint density at radius 2 is 2.10 bits per heavy atom. The number of nitrogens with zero attached hydrogens (tertiary/aromatic N) is 2. The largest absolute Gasteiger partial charge is 0.325 e. The van der Waals surface area contributed by atoms with Crippen LogP contribution in [0.5, 0.6) is 0 Å². The predicted octanol–water partition coefficient (Wildman–Crippen LogP) is 5.27. The van der Waals surface area contributed by atoms with Gasteiger partial charge in [0.2, 0.25) is 0 Å². The summed E-state index contributed by atoms with van der Waals surface area (Å²) in [5.41, 5.74) is 3.74. The maximum atomic E-state index is 6.02. The Bertz CT molecular complexity index is 617. The van der Waals surface area contributed by atoms with Gasteiger partial charge in [-0.25, -0.2) is 4.98 Å². The van der Waals surface area contributed by atoms with Gasteiger partial charge in [-0.2, -0.15) is 0 Å². The molecule has 0 saturated heterocycles. The molecular formula is C18H25ClN2. The van der Waals surface area contributed by atoms with E-state index in [0.717, 1.165) is 17.9 Å². The third-order valence-corrected chi connectivity index (χ3v) is 5.15. The maximum absolute atomic E-state index is 6.02. The van der Waals surface area contributed by atoms with Gasteiger partial charge in [0.05, 0.1) is 11.0 Å². The molecule has 0 N–H and O–H groups in total. The van der Waals surface area contributed by atoms with Crippen LogP contribution < -0.4 is 0 Å². The highest BCUT2D eigenvalue weighted by Crippen LogP contribution is 2.38. The second-order valence-corrected chi connectivity index (χ2v) is 6.73. The number of aromatic nitrogens is 2. The van der Waals surface area contributed by atoms with Crippen LogP contribution in [0.2, 0.25) is 0 Å². The number of alkyl halides is 1. The fourth-order valence-corrected chi connectivity index (χ4v) is 4.06. The molecule has 3 rings (SSSR count). The normalized spacial score (nSPS) is 22.8. The summed E-state index contributed by atoms with van der Waals surface area (Å²) >= 11 is 6.02. The molecule has 0 aliphatic heterocycles. The van der Waals surface area contributed by atoms with Gasteiger partial charge in [0, 0.05) is 18.3 Å². The van der Waals surface area contributed by atoms with Crippen molar-refractivity contribution in [3.8, 4) is 0 Å². The number of halogens is 1. The lowest BCUT2D eigenvalue weighted by molar-refractivity contribution is 0.233. The first-order chi connectivity index (χ1) is 10.2. The summed E-state index contributed by atoms with van der Waals surface area (Å²) in [5.74, 6) is 2.60. The van der Waals surface area contributed by atoms with Crippen molar-refractivity contribution in [1.29, 1.82) is 0 Å². The smallest absolute Gasteiger partial charge is 0.111 e. The molecule has 2 nitrogen and oxygen atoms in total. The van der Waals surface area contributed by atoms with Crippen molar-refractivity contribution in [3.05, 3.63) is 29.6 Å². The third kappa shape index (κ3) is 2.83. The Hall–Kier alpha value is -1.02. The van der Waals surface area contributed by atoms with Crippen LogP contribution in [0.25, 0.3) is 11.0 Å². The van der Waals surface area contributed by atoms with Gasteiger partial charge in [0.15, 0.2) is 0 Å². The fourth-order valence-electron chi connectivity index (χ4n) is 3.89. The molecule has 0 amide bonds. The van der Waals surface area contributed by atoms with Crippen LogP contribution in [0.1, 0.15) is 56.5 Å². The Labute approximate surface area is 132 Å². The second-order valence-electron chi connectivity index (χ2n) is 6.35. The Morgan fingerprint density at radius 1 is 1.29 bits per heavy atom. The lowest BCUT2D eigenvalue weighted by Gasteiger charge is -2.33. The van der Waals surface area contributed by atoms with E-state index in [4.69, 9.17) is 16.6 Å². The molecule has 0 spiro atoms. The molecule has 0 radical (unpaired) electrons. The average molecular weight is 305 g/mol. The van der Waals surface area contributed by atoms with Crippen LogP contribution in [-0.2, 0) is 6.42 Å². The van der Waals surface area contributed by atoms with E-state index in [1.54, 1.807) is 0 Å². The number of fused-ring (bicyclic) bond motifs is 1. The molecule has 1 aliphatic carbocycles. The first kappa shape index (κ1) is 14.9. The SMILES string of the molecule is CCC1CCCCC1n1c(CCCl)nc2ccc(C)cc21. The minimum absolute atomic E-state index is 0.605. The zero-order chi connectivity index (χ0) is 14.8. The van der Waals surface area contributed by atoms with E-state index < -0.39 is 0 Å². The molecule has 1 aromatic carbocycles. The molecule has 2 atom stereocenters. The van der Waals surface area contributed by atoms with Crippen molar-refractivity contribution in [2.45, 2.75) is 58.4 Å². The number of aryl methyl sites for hydroxylation is 2. The summed E-state index contributed by atoms with van der Waals surface area (Å²) in [6.45, 7) is 4.49. The molecule has 1 aliphatic rings. The summed E-state index contributed by atoms with van der Waals surface area (Å²) < 4.78 is 2.53. The monoisotopic (exact) mass is 304 g/mol. The van der Waals surface area contributed by atoms with Crippen molar-refractivity contribution in [3.63, 3.8) is 0 Å². The third-order valence-electron chi connectivity index (χ3n) is 4.96. The fraction of sp³-hybridized carbons (Fsp3) is 0.611. The topological polar surface area (TPSA) is 17.8 Å². The average Bonchev–Trinajstić information content (AvgIpc) is 2.84. The van der Waals surface area contributed by atoms with E-state index >= 15 is 0 Å². The molecule has 0 bridgehead atoms. The van der Waals surface area contributed by atoms with Crippen molar-refractivity contribution < 1.29 is 0 Å². The highest BCUT2D eigenvalue weighted by molar-refractivity contribution is 6.17. The van der Waals surface area contributed by atoms with Crippen LogP contribution in [0.3, 0.4) is 0 Å². The van der Waals surface area contributed by atoms with Crippen LogP contribution >= 0.6 is 11.6 Å². The first-order valence-electron chi connectivity index (χ1n) is 8.28. The Balaban J connectivity index is 2.13. The maximum Gasteiger partial charge on any atom is 0.111 e. The molecule has 114 valence electrons. The molecule has 1 aromatic heterocycles. The molecular weight excluding hydrogens is 280 g/mol. The zero-order valence-corrected chi connectivity index (χ0v) is 13.9. The molecule has 3 heteroatoms. The summed E-state index contributed by atoms with van der Waals surface area (Å²) in [7, 11) is 0. The summed E-state index contributed by atoms with van der Waals surface area (Å²) in [6, 6.07) is 7.21. The van der Waals surface area contributed by atoms with Gasteiger partial charge in [-0.15, -0.1) is 11.6 Å². The zero-order valence-electron chi connectivity index (χ0n) is 13.1. The molecule has 2 unspecified atom stereocenters. The van der Waals surface area contributed by atoms with Gasteiger partial charge in [-0.1, -0.05) is 32.3 Å². The van der Waals surface area contributed by atoms with Crippen LogP contribution in [-0.4, -0.2) is 15.4 Å². The number of hydrogen-bond acceptors (Lipinski definition) is 1. The molecule has 1 fully saturated rings. The summed E-state index contributed by atoms with van der Waals surface area (Å²) in [6.07, 6.45) is 7.48. The minimum Gasteiger partial charge on any atom is -0.325 e. The summed E-state index contributed by atoms with van der Waals surface area (Å²) in [5, 5.41) is 0. The van der Waals surface area contributed by atoms with Crippen molar-refractivity contribution in [1.82, 2.24) is 9.55 Å². The second kappa shape index (κ2) is 6.39. The van der Waals surface area contributed by atoms with Crippen LogP contribution in [0.4, 0.5) is 0 Å². The molecule has 1 heterocycles. The molecule has 21 heavy (non-hydrogen) atoms. The quantitative estimate of drug-likeness (QED) is 0.704. The number of hydrogen-bond donors (Lipinski definition) is 0. The van der Waals surface area contributed by atoms with Gasteiger partial charge >= 0.3 is 0 Å². The molecule has 1 saturated carbocycles. The highest BCUT2D eigenvalue weighted by atomic mass is 35.5. The van der Waals surface area contributed by atoms with E-state index in [9.17, 15) is 0 Å². The van der Waals surface area contributed by atoms with Gasteiger partial charge in [0.1, 0.15) is 5.82 Å². The van der Waals surface area contributed by atoms with Gasteiger partial charge in [-0.05, 0) is 43.4 Å². The number of rotatable bonds is 4. The van der Waals surface area contributed by atoms with Crippen molar-refractivity contribution in [2.24, 2.45) is 5.92 Å². The lowest BCUT2D eigenvalue weighted by Crippen LogP contribution is -2.24. The first-order valence-corrected chi connectivity index (χ1v) is 8.81. The van der Waals surface area contributed by atoms with Gasteiger partial charge in [-0.3, -0.25) is 0 Å². The summed E-state index contributed by atoms with van der Waals surface area (Å²) in [4.78, 5) is 4.87. The van der Waals surface area contributed by atoms with Crippen LogP contribution in [0.15, 0.2) is 18.2 Å².